The van der Waals surface area contributed by atoms with Gasteiger partial charge in [-0.1, -0.05) is 29.3 Å². The van der Waals surface area contributed by atoms with Gasteiger partial charge in [-0.2, -0.15) is 5.21 Å². The van der Waals surface area contributed by atoms with E-state index in [4.69, 9.17) is 32.7 Å². The van der Waals surface area contributed by atoms with E-state index < -0.39 is 5.82 Å². The molecule has 1 aromatic heterocycles. The van der Waals surface area contributed by atoms with E-state index in [0.29, 0.717) is 33.5 Å². The van der Waals surface area contributed by atoms with Gasteiger partial charge in [-0.15, -0.1) is 10.2 Å². The SMILES string of the molecule is COc1cc(-c2nn[nH]n2)cc(Cl)c1OCc1ccc(F)cc1Cl. The fraction of sp³-hybridized carbons (Fsp3) is 0.133. The van der Waals surface area contributed by atoms with Crippen molar-refractivity contribution in [3.8, 4) is 22.9 Å². The monoisotopic (exact) mass is 368 g/mol. The van der Waals surface area contributed by atoms with Gasteiger partial charge in [0.15, 0.2) is 11.5 Å². The van der Waals surface area contributed by atoms with E-state index in [1.165, 1.54) is 19.2 Å². The van der Waals surface area contributed by atoms with Crippen molar-refractivity contribution >= 4 is 23.2 Å². The normalized spacial score (nSPS) is 10.7. The Balaban J connectivity index is 1.87. The summed E-state index contributed by atoms with van der Waals surface area (Å²) in [6, 6.07) is 7.39. The highest BCUT2D eigenvalue weighted by Gasteiger charge is 2.15. The van der Waals surface area contributed by atoms with Gasteiger partial charge in [0, 0.05) is 11.1 Å². The number of rotatable bonds is 5. The number of hydrogen-bond acceptors (Lipinski definition) is 5. The highest BCUT2D eigenvalue weighted by atomic mass is 35.5. The second-order valence-corrected chi connectivity index (χ2v) is 5.56. The van der Waals surface area contributed by atoms with E-state index in [-0.39, 0.29) is 11.6 Å². The first kappa shape index (κ1) is 16.5. The summed E-state index contributed by atoms with van der Waals surface area (Å²) >= 11 is 12.3. The number of ether oxygens (including phenoxy) is 2. The minimum atomic E-state index is -0.413. The molecule has 9 heteroatoms. The fourth-order valence-electron chi connectivity index (χ4n) is 2.06. The van der Waals surface area contributed by atoms with Crippen LogP contribution in [0.5, 0.6) is 11.5 Å². The molecule has 0 aliphatic carbocycles. The molecule has 3 rings (SSSR count). The topological polar surface area (TPSA) is 72.9 Å². The van der Waals surface area contributed by atoms with Gasteiger partial charge in [0.25, 0.3) is 0 Å². The van der Waals surface area contributed by atoms with Crippen molar-refractivity contribution < 1.29 is 13.9 Å². The predicted molar refractivity (Wildman–Crippen MR) is 86.9 cm³/mol. The summed E-state index contributed by atoms with van der Waals surface area (Å²) in [5.41, 5.74) is 1.25. The lowest BCUT2D eigenvalue weighted by atomic mass is 10.2. The molecule has 0 spiro atoms. The zero-order chi connectivity index (χ0) is 17.1. The molecule has 24 heavy (non-hydrogen) atoms. The molecule has 124 valence electrons. The maximum Gasteiger partial charge on any atom is 0.204 e. The van der Waals surface area contributed by atoms with Gasteiger partial charge in [0.2, 0.25) is 5.82 Å². The number of hydrogen-bond donors (Lipinski definition) is 1. The van der Waals surface area contributed by atoms with Gasteiger partial charge in [0.1, 0.15) is 12.4 Å². The Bertz CT molecular complexity index is 859. The number of tetrazole rings is 1. The van der Waals surface area contributed by atoms with Gasteiger partial charge in [-0.3, -0.25) is 0 Å². The highest BCUT2D eigenvalue weighted by Crippen LogP contribution is 2.39. The van der Waals surface area contributed by atoms with Crippen LogP contribution in [0.2, 0.25) is 10.0 Å². The van der Waals surface area contributed by atoms with Crippen molar-refractivity contribution in [2.45, 2.75) is 6.61 Å². The second kappa shape index (κ2) is 7.02. The smallest absolute Gasteiger partial charge is 0.204 e. The Morgan fingerprint density at radius 1 is 1.17 bits per heavy atom. The van der Waals surface area contributed by atoms with Crippen LogP contribution < -0.4 is 9.47 Å². The molecule has 1 N–H and O–H groups in total. The summed E-state index contributed by atoms with van der Waals surface area (Å²) in [5.74, 6) is 0.708. The Kier molecular flexibility index (Phi) is 4.82. The number of nitrogens with zero attached hydrogens (tertiary/aromatic N) is 3. The van der Waals surface area contributed by atoms with Crippen LogP contribution in [0, 0.1) is 5.82 Å². The minimum Gasteiger partial charge on any atom is -0.493 e. The molecule has 0 aliphatic heterocycles. The van der Waals surface area contributed by atoms with Crippen LogP contribution in [0.15, 0.2) is 30.3 Å². The molecule has 2 aromatic carbocycles. The molecule has 0 amide bonds. The number of halogens is 3. The molecule has 1 heterocycles. The van der Waals surface area contributed by atoms with Crippen LogP contribution in [0.4, 0.5) is 4.39 Å². The molecule has 0 bridgehead atoms. The standard InChI is InChI=1S/C15H11Cl2FN4O2/c1-23-13-5-9(15-19-21-22-20-15)4-12(17)14(13)24-7-8-2-3-10(18)6-11(8)16/h2-6H,7H2,1H3,(H,19,20,21,22). The van der Waals surface area contributed by atoms with Crippen LogP contribution in [0.25, 0.3) is 11.4 Å². The van der Waals surface area contributed by atoms with Crippen LogP contribution in [0.3, 0.4) is 0 Å². The number of methoxy groups -OCH3 is 1. The predicted octanol–water partition coefficient (Wildman–Crippen LogP) is 3.90. The van der Waals surface area contributed by atoms with Crippen molar-refractivity contribution in [1.82, 2.24) is 20.6 Å². The van der Waals surface area contributed by atoms with E-state index in [1.54, 1.807) is 18.2 Å². The average Bonchev–Trinajstić information content (AvgIpc) is 3.09. The summed E-state index contributed by atoms with van der Waals surface area (Å²) in [4.78, 5) is 0. The summed E-state index contributed by atoms with van der Waals surface area (Å²) in [7, 11) is 1.49. The number of aromatic amines is 1. The van der Waals surface area contributed by atoms with E-state index >= 15 is 0 Å². The van der Waals surface area contributed by atoms with E-state index in [1.807, 2.05) is 0 Å². The number of benzene rings is 2. The largest absolute Gasteiger partial charge is 0.493 e. The van der Waals surface area contributed by atoms with Crippen LogP contribution in [-0.4, -0.2) is 27.7 Å². The van der Waals surface area contributed by atoms with E-state index in [0.717, 1.165) is 0 Å². The zero-order valence-electron chi connectivity index (χ0n) is 12.4. The van der Waals surface area contributed by atoms with E-state index in [2.05, 4.69) is 20.6 Å². The molecule has 6 nitrogen and oxygen atoms in total. The molecule has 0 fully saturated rings. The quantitative estimate of drug-likeness (QED) is 0.739. The molecule has 0 saturated carbocycles. The van der Waals surface area contributed by atoms with Crippen LogP contribution in [0.1, 0.15) is 5.56 Å². The van der Waals surface area contributed by atoms with Gasteiger partial charge in [-0.25, -0.2) is 4.39 Å². The highest BCUT2D eigenvalue weighted by molar-refractivity contribution is 6.32. The Labute approximate surface area is 146 Å². The Morgan fingerprint density at radius 2 is 2.00 bits per heavy atom. The van der Waals surface area contributed by atoms with Gasteiger partial charge in [-0.05, 0) is 29.5 Å². The molecular formula is C15H11Cl2FN4O2. The molecule has 0 aliphatic rings. The molecular weight excluding hydrogens is 358 g/mol. The molecule has 0 unspecified atom stereocenters. The number of aromatic nitrogens is 4. The lowest BCUT2D eigenvalue weighted by Gasteiger charge is -2.14. The average molecular weight is 369 g/mol. The summed E-state index contributed by atoms with van der Waals surface area (Å²) in [6.45, 7) is 0.108. The number of nitrogens with one attached hydrogen (secondary N) is 1. The summed E-state index contributed by atoms with van der Waals surface area (Å²) in [5, 5.41) is 14.2. The molecule has 0 radical (unpaired) electrons. The van der Waals surface area contributed by atoms with Gasteiger partial charge < -0.3 is 9.47 Å². The van der Waals surface area contributed by atoms with Crippen molar-refractivity contribution in [3.05, 3.63) is 51.8 Å². The van der Waals surface area contributed by atoms with Crippen molar-refractivity contribution in [2.24, 2.45) is 0 Å². The van der Waals surface area contributed by atoms with Crippen LogP contribution >= 0.6 is 23.2 Å². The zero-order valence-corrected chi connectivity index (χ0v) is 13.9. The van der Waals surface area contributed by atoms with Crippen LogP contribution in [-0.2, 0) is 6.61 Å². The third kappa shape index (κ3) is 3.42. The fourth-order valence-corrected chi connectivity index (χ4v) is 2.55. The maximum absolute atomic E-state index is 13.1. The third-order valence-corrected chi connectivity index (χ3v) is 3.85. The van der Waals surface area contributed by atoms with Crippen molar-refractivity contribution in [2.75, 3.05) is 7.11 Å². The Hall–Kier alpha value is -2.38. The minimum absolute atomic E-state index is 0.108. The third-order valence-electron chi connectivity index (χ3n) is 3.22. The lowest BCUT2D eigenvalue weighted by molar-refractivity contribution is 0.285. The first-order valence-electron chi connectivity index (χ1n) is 6.76. The second-order valence-electron chi connectivity index (χ2n) is 4.75. The van der Waals surface area contributed by atoms with E-state index in [9.17, 15) is 4.39 Å². The molecule has 0 saturated heterocycles. The summed E-state index contributed by atoms with van der Waals surface area (Å²) < 4.78 is 24.1. The molecule has 0 atom stereocenters. The first-order chi connectivity index (χ1) is 11.6. The first-order valence-corrected chi connectivity index (χ1v) is 7.52. The molecule has 3 aromatic rings. The van der Waals surface area contributed by atoms with Crippen molar-refractivity contribution in [3.63, 3.8) is 0 Å². The Morgan fingerprint density at radius 3 is 2.67 bits per heavy atom. The van der Waals surface area contributed by atoms with Crippen molar-refractivity contribution in [1.29, 1.82) is 0 Å². The number of H-pyrrole nitrogens is 1. The van der Waals surface area contributed by atoms with Gasteiger partial charge in [0.05, 0.1) is 17.2 Å². The summed E-state index contributed by atoms with van der Waals surface area (Å²) in [6.07, 6.45) is 0. The maximum atomic E-state index is 13.1. The lowest BCUT2D eigenvalue weighted by Crippen LogP contribution is -2.00. The van der Waals surface area contributed by atoms with Gasteiger partial charge >= 0.3 is 0 Å².